The number of hydrogen-bond donors (Lipinski definition) is 0. The van der Waals surface area contributed by atoms with Crippen LogP contribution in [0.2, 0.25) is 0 Å². The van der Waals surface area contributed by atoms with E-state index < -0.39 is 6.57 Å². The molecule has 1 aliphatic carbocycles. The molecular formula is C18H38NO2PS. The second kappa shape index (κ2) is 10.5. The molecule has 0 amide bonds. The quantitative estimate of drug-likeness (QED) is 0.443. The van der Waals surface area contributed by atoms with Crippen molar-refractivity contribution < 1.29 is 9.09 Å². The number of nitrogens with zero attached hydrogens (tertiary/aromatic N) is 1. The van der Waals surface area contributed by atoms with Crippen molar-refractivity contribution in [3.8, 4) is 0 Å². The smallest absolute Gasteiger partial charge is 0.260 e. The molecule has 1 saturated carbocycles. The first kappa shape index (κ1) is 21.5. The molecule has 1 unspecified atom stereocenters. The van der Waals surface area contributed by atoms with Gasteiger partial charge in [-0.25, -0.2) is 0 Å². The average molecular weight is 364 g/mol. The van der Waals surface area contributed by atoms with Crippen LogP contribution in [0.25, 0.3) is 0 Å². The van der Waals surface area contributed by atoms with Crippen LogP contribution in [0.3, 0.4) is 0 Å². The third-order valence-corrected chi connectivity index (χ3v) is 10.5. The van der Waals surface area contributed by atoms with Gasteiger partial charge in [0.1, 0.15) is 0 Å². The average Bonchev–Trinajstić information content (AvgIpc) is 2.49. The van der Waals surface area contributed by atoms with E-state index in [-0.39, 0.29) is 5.66 Å². The fourth-order valence-corrected chi connectivity index (χ4v) is 7.23. The number of rotatable bonds is 10. The Hall–Kier alpha value is 0.500. The summed E-state index contributed by atoms with van der Waals surface area (Å²) in [7, 11) is 0. The Kier molecular flexibility index (Phi) is 9.82. The summed E-state index contributed by atoms with van der Waals surface area (Å²) in [5, 5.41) is 0. The highest BCUT2D eigenvalue weighted by atomic mass is 32.7. The van der Waals surface area contributed by atoms with E-state index >= 15 is 0 Å². The van der Waals surface area contributed by atoms with E-state index in [0.29, 0.717) is 24.6 Å². The Morgan fingerprint density at radius 2 is 1.61 bits per heavy atom. The molecule has 23 heavy (non-hydrogen) atoms. The standard InChI is InChI=1S/C18H38NO2PS/c1-15(2)19(16(3)4)12-13-23-22(20,17(5)6)21-14-18-10-8-7-9-11-18/h15-18H,7-14H2,1-6H3. The molecule has 0 radical (unpaired) electrons. The van der Waals surface area contributed by atoms with E-state index in [1.54, 1.807) is 11.4 Å². The second-order valence-corrected chi connectivity index (χ2v) is 13.0. The molecule has 5 heteroatoms. The first-order valence-electron chi connectivity index (χ1n) is 9.40. The van der Waals surface area contributed by atoms with Crippen LogP contribution in [0.5, 0.6) is 0 Å². The lowest BCUT2D eigenvalue weighted by molar-refractivity contribution is 0.187. The Morgan fingerprint density at radius 1 is 1.04 bits per heavy atom. The monoisotopic (exact) mass is 363 g/mol. The Bertz CT molecular complexity index is 360. The van der Waals surface area contributed by atoms with Gasteiger partial charge in [-0.1, -0.05) is 44.5 Å². The van der Waals surface area contributed by atoms with E-state index in [1.807, 2.05) is 13.8 Å². The van der Waals surface area contributed by atoms with Gasteiger partial charge in [0.25, 0.3) is 6.57 Å². The van der Waals surface area contributed by atoms with Crippen LogP contribution in [0.15, 0.2) is 0 Å². The maximum Gasteiger partial charge on any atom is 0.260 e. The molecule has 0 bridgehead atoms. The van der Waals surface area contributed by atoms with Crippen LogP contribution < -0.4 is 0 Å². The molecule has 0 aromatic rings. The molecule has 1 atom stereocenters. The summed E-state index contributed by atoms with van der Waals surface area (Å²) < 4.78 is 19.2. The highest BCUT2D eigenvalue weighted by Gasteiger charge is 2.30. The Labute approximate surface area is 148 Å². The minimum absolute atomic E-state index is 0.0997. The summed E-state index contributed by atoms with van der Waals surface area (Å²) in [6.45, 7) is 12.1. The van der Waals surface area contributed by atoms with Gasteiger partial charge in [-0.05, 0) is 46.5 Å². The van der Waals surface area contributed by atoms with E-state index in [9.17, 15) is 4.57 Å². The first-order chi connectivity index (χ1) is 10.8. The molecule has 1 fully saturated rings. The lowest BCUT2D eigenvalue weighted by Gasteiger charge is -2.31. The van der Waals surface area contributed by atoms with Crippen molar-refractivity contribution in [1.29, 1.82) is 0 Å². The van der Waals surface area contributed by atoms with E-state index in [1.165, 1.54) is 32.1 Å². The van der Waals surface area contributed by atoms with Gasteiger partial charge in [0.2, 0.25) is 0 Å². The van der Waals surface area contributed by atoms with Crippen LogP contribution in [0, 0.1) is 5.92 Å². The van der Waals surface area contributed by atoms with Crippen molar-refractivity contribution in [2.45, 2.75) is 91.4 Å². The topological polar surface area (TPSA) is 29.5 Å². The van der Waals surface area contributed by atoms with Gasteiger partial charge >= 0.3 is 0 Å². The van der Waals surface area contributed by atoms with Gasteiger partial charge in [-0.3, -0.25) is 9.46 Å². The highest BCUT2D eigenvalue weighted by Crippen LogP contribution is 2.63. The molecule has 3 nitrogen and oxygen atoms in total. The lowest BCUT2D eigenvalue weighted by Crippen LogP contribution is -2.38. The van der Waals surface area contributed by atoms with E-state index in [2.05, 4.69) is 32.6 Å². The zero-order valence-corrected chi connectivity index (χ0v) is 17.8. The fraction of sp³-hybridized carbons (Fsp3) is 1.00. The van der Waals surface area contributed by atoms with E-state index in [4.69, 9.17) is 4.52 Å². The van der Waals surface area contributed by atoms with Gasteiger partial charge in [-0.2, -0.15) is 0 Å². The molecule has 0 N–H and O–H groups in total. The van der Waals surface area contributed by atoms with Crippen molar-refractivity contribution in [3.63, 3.8) is 0 Å². The van der Waals surface area contributed by atoms with Crippen LogP contribution in [0.1, 0.15) is 73.6 Å². The molecule has 0 spiro atoms. The van der Waals surface area contributed by atoms with Crippen molar-refractivity contribution in [1.82, 2.24) is 4.90 Å². The minimum Gasteiger partial charge on any atom is -0.321 e. The maximum atomic E-state index is 13.2. The second-order valence-electron chi connectivity index (χ2n) is 7.69. The largest absolute Gasteiger partial charge is 0.321 e. The van der Waals surface area contributed by atoms with Crippen LogP contribution >= 0.6 is 18.0 Å². The van der Waals surface area contributed by atoms with Crippen LogP contribution in [-0.2, 0) is 9.09 Å². The molecule has 1 rings (SSSR count). The third kappa shape index (κ3) is 7.50. The van der Waals surface area contributed by atoms with Crippen molar-refractivity contribution in [3.05, 3.63) is 0 Å². The third-order valence-electron chi connectivity index (χ3n) is 4.79. The molecule has 0 aromatic heterocycles. The number of hydrogen-bond acceptors (Lipinski definition) is 4. The summed E-state index contributed by atoms with van der Waals surface area (Å²) in [6, 6.07) is 1.05. The zero-order valence-electron chi connectivity index (χ0n) is 16.1. The van der Waals surface area contributed by atoms with Gasteiger partial charge in [0, 0.05) is 30.0 Å². The first-order valence-corrected chi connectivity index (χ1v) is 12.7. The highest BCUT2D eigenvalue weighted by molar-refractivity contribution is 8.56. The molecule has 0 heterocycles. The Morgan fingerprint density at radius 3 is 2.09 bits per heavy atom. The molecular weight excluding hydrogens is 325 g/mol. The summed E-state index contributed by atoms with van der Waals surface area (Å²) >= 11 is 1.58. The predicted octanol–water partition coefficient (Wildman–Crippen LogP) is 6.04. The van der Waals surface area contributed by atoms with Gasteiger partial charge < -0.3 is 4.52 Å². The lowest BCUT2D eigenvalue weighted by atomic mass is 9.90. The minimum atomic E-state index is -2.58. The Balaban J connectivity index is 2.47. The molecule has 0 saturated heterocycles. The summed E-state index contributed by atoms with van der Waals surface area (Å²) in [5.41, 5.74) is 0.0997. The fourth-order valence-electron chi connectivity index (χ4n) is 3.28. The van der Waals surface area contributed by atoms with Crippen LogP contribution in [0.4, 0.5) is 0 Å². The van der Waals surface area contributed by atoms with Crippen molar-refractivity contribution >= 4 is 18.0 Å². The summed E-state index contributed by atoms with van der Waals surface area (Å²) in [6.07, 6.45) is 6.47. The zero-order chi connectivity index (χ0) is 17.5. The molecule has 138 valence electrons. The summed E-state index contributed by atoms with van der Waals surface area (Å²) in [4.78, 5) is 2.46. The van der Waals surface area contributed by atoms with Crippen molar-refractivity contribution in [2.24, 2.45) is 5.92 Å². The van der Waals surface area contributed by atoms with Gasteiger partial charge in [0.15, 0.2) is 0 Å². The summed E-state index contributed by atoms with van der Waals surface area (Å²) in [5.74, 6) is 1.51. The SMILES string of the molecule is CC(C)N(CCSP(=O)(OCC1CCCCC1)C(C)C)C(C)C. The maximum absolute atomic E-state index is 13.2. The molecule has 1 aliphatic rings. The normalized spacial score (nSPS) is 19.9. The molecule has 0 aliphatic heterocycles. The molecule has 0 aromatic carbocycles. The van der Waals surface area contributed by atoms with Crippen LogP contribution in [-0.4, -0.2) is 41.5 Å². The van der Waals surface area contributed by atoms with Gasteiger partial charge in [-0.15, -0.1) is 0 Å². The van der Waals surface area contributed by atoms with Crippen molar-refractivity contribution in [2.75, 3.05) is 18.9 Å². The van der Waals surface area contributed by atoms with E-state index in [0.717, 1.165) is 12.3 Å². The van der Waals surface area contributed by atoms with Gasteiger partial charge in [0.05, 0.1) is 6.61 Å². The predicted molar refractivity (Wildman–Crippen MR) is 105 cm³/mol.